The molecule has 0 fully saturated rings. The Balaban J connectivity index is 4.33. The van der Waals surface area contributed by atoms with Crippen molar-refractivity contribution in [2.24, 2.45) is 10.9 Å². The van der Waals surface area contributed by atoms with Gasteiger partial charge in [0.1, 0.15) is 6.72 Å². The Morgan fingerprint density at radius 3 is 2.59 bits per heavy atom. The monoisotopic (exact) mass is 233 g/mol. The second kappa shape index (κ2) is 9.76. The Bertz CT molecular complexity index is 320. The average Bonchev–Trinajstić information content (AvgIpc) is 2.29. The van der Waals surface area contributed by atoms with E-state index in [9.17, 15) is 0 Å². The summed E-state index contributed by atoms with van der Waals surface area (Å²) in [4.78, 5) is 4.57. The van der Waals surface area contributed by atoms with Crippen LogP contribution in [0.5, 0.6) is 0 Å². The van der Waals surface area contributed by atoms with Crippen LogP contribution in [0.4, 0.5) is 0 Å². The molecule has 17 heavy (non-hydrogen) atoms. The van der Waals surface area contributed by atoms with E-state index in [0.717, 1.165) is 18.7 Å². The van der Waals surface area contributed by atoms with E-state index in [-0.39, 0.29) is 0 Å². The SMILES string of the molecule is C=C/C=C/C[N+](=C)CN=C(/C=C/CC)C(C)C. The molecule has 0 bridgehead atoms. The van der Waals surface area contributed by atoms with Crippen LogP contribution in [0.1, 0.15) is 27.2 Å². The zero-order valence-electron chi connectivity index (χ0n) is 11.4. The standard InChI is InChI=1S/C15H25N2/c1-6-8-10-12-17(5)13-16-15(14(3)4)11-9-7-2/h6,8-11,14H,1,5,7,12-13H2,2-4H3/q+1/b10-8+,11-9+,16-15?. The highest BCUT2D eigenvalue weighted by Crippen LogP contribution is 2.00. The lowest BCUT2D eigenvalue weighted by Crippen LogP contribution is -2.13. The summed E-state index contributed by atoms with van der Waals surface area (Å²) >= 11 is 0. The Kier molecular flexibility index (Phi) is 8.94. The number of hydrogen-bond donors (Lipinski definition) is 0. The Hall–Kier alpha value is -1.44. The molecule has 0 saturated carbocycles. The fourth-order valence-corrected chi connectivity index (χ4v) is 1.21. The molecule has 0 aliphatic carbocycles. The first-order valence-electron chi connectivity index (χ1n) is 6.15. The molecule has 0 N–H and O–H groups in total. The number of aliphatic imine (C=N–C) groups is 1. The molecule has 0 unspecified atom stereocenters. The summed E-state index contributed by atoms with van der Waals surface area (Å²) in [6, 6.07) is 0. The van der Waals surface area contributed by atoms with Gasteiger partial charge in [-0.1, -0.05) is 45.6 Å². The highest BCUT2D eigenvalue weighted by Gasteiger charge is 2.02. The molecule has 94 valence electrons. The minimum Gasteiger partial charge on any atom is -0.225 e. The highest BCUT2D eigenvalue weighted by atomic mass is 15.1. The van der Waals surface area contributed by atoms with E-state index in [1.54, 1.807) is 6.08 Å². The number of hydrogen-bond acceptors (Lipinski definition) is 1. The van der Waals surface area contributed by atoms with Crippen LogP contribution in [0.2, 0.25) is 0 Å². The summed E-state index contributed by atoms with van der Waals surface area (Å²) in [5, 5.41) is 0. The van der Waals surface area contributed by atoms with Gasteiger partial charge in [0.25, 0.3) is 0 Å². The molecule has 0 rings (SSSR count). The quantitative estimate of drug-likeness (QED) is 0.346. The second-order valence-electron chi connectivity index (χ2n) is 4.21. The first kappa shape index (κ1) is 15.6. The van der Waals surface area contributed by atoms with Gasteiger partial charge in [0, 0.05) is 5.71 Å². The summed E-state index contributed by atoms with van der Waals surface area (Å²) in [5.74, 6) is 0.454. The smallest absolute Gasteiger partial charge is 0.225 e. The first-order valence-corrected chi connectivity index (χ1v) is 6.15. The van der Waals surface area contributed by atoms with Crippen LogP contribution in [0.25, 0.3) is 0 Å². The lowest BCUT2D eigenvalue weighted by molar-refractivity contribution is -0.507. The van der Waals surface area contributed by atoms with E-state index >= 15 is 0 Å². The van der Waals surface area contributed by atoms with Crippen LogP contribution in [0.3, 0.4) is 0 Å². The zero-order chi connectivity index (χ0) is 13.1. The van der Waals surface area contributed by atoms with E-state index in [2.05, 4.69) is 51.2 Å². The molecule has 0 atom stereocenters. The fraction of sp³-hybridized carbons (Fsp3) is 0.467. The predicted molar refractivity (Wildman–Crippen MR) is 78.2 cm³/mol. The summed E-state index contributed by atoms with van der Waals surface area (Å²) in [6.07, 6.45) is 11.0. The molecular formula is C15H25N2+. The van der Waals surface area contributed by atoms with Gasteiger partial charge in [-0.2, -0.15) is 0 Å². The van der Waals surface area contributed by atoms with Gasteiger partial charge in [0.05, 0.1) is 0 Å². The summed E-state index contributed by atoms with van der Waals surface area (Å²) < 4.78 is 1.92. The number of nitrogens with zero attached hydrogens (tertiary/aromatic N) is 2. The van der Waals surface area contributed by atoms with Gasteiger partial charge in [0.15, 0.2) is 6.54 Å². The van der Waals surface area contributed by atoms with Crippen molar-refractivity contribution in [1.29, 1.82) is 0 Å². The van der Waals surface area contributed by atoms with Gasteiger partial charge in [-0.05, 0) is 24.5 Å². The number of allylic oxidation sites excluding steroid dienone is 4. The largest absolute Gasteiger partial charge is 0.235 e. The van der Waals surface area contributed by atoms with Crippen LogP contribution in [0.15, 0.2) is 42.0 Å². The zero-order valence-corrected chi connectivity index (χ0v) is 11.4. The maximum absolute atomic E-state index is 4.57. The molecule has 0 spiro atoms. The minimum atomic E-state index is 0.454. The van der Waals surface area contributed by atoms with Crippen molar-refractivity contribution < 1.29 is 4.58 Å². The van der Waals surface area contributed by atoms with Crippen molar-refractivity contribution in [2.75, 3.05) is 13.2 Å². The Morgan fingerprint density at radius 2 is 2.06 bits per heavy atom. The third-order valence-corrected chi connectivity index (χ3v) is 2.20. The summed E-state index contributed by atoms with van der Waals surface area (Å²) in [6.45, 7) is 15.4. The van der Waals surface area contributed by atoms with Crippen LogP contribution >= 0.6 is 0 Å². The topological polar surface area (TPSA) is 15.4 Å². The predicted octanol–water partition coefficient (Wildman–Crippen LogP) is 3.46. The maximum Gasteiger partial charge on any atom is 0.235 e. The van der Waals surface area contributed by atoms with Gasteiger partial charge in [-0.3, -0.25) is 0 Å². The van der Waals surface area contributed by atoms with Crippen molar-refractivity contribution in [3.63, 3.8) is 0 Å². The van der Waals surface area contributed by atoms with E-state index < -0.39 is 0 Å². The molecule has 0 radical (unpaired) electrons. The van der Waals surface area contributed by atoms with E-state index in [4.69, 9.17) is 0 Å². The lowest BCUT2D eigenvalue weighted by Gasteiger charge is -2.04. The van der Waals surface area contributed by atoms with Crippen LogP contribution in [-0.2, 0) is 0 Å². The molecule has 2 heteroatoms. The van der Waals surface area contributed by atoms with Crippen molar-refractivity contribution in [2.45, 2.75) is 27.2 Å². The minimum absolute atomic E-state index is 0.454. The molecule has 0 amide bonds. The molecule has 0 aliphatic rings. The van der Waals surface area contributed by atoms with Crippen molar-refractivity contribution in [3.05, 3.63) is 37.0 Å². The fourth-order valence-electron chi connectivity index (χ4n) is 1.21. The van der Waals surface area contributed by atoms with E-state index in [1.807, 2.05) is 16.7 Å². The molecule has 0 aromatic heterocycles. The summed E-state index contributed by atoms with van der Waals surface area (Å²) in [7, 11) is 0. The van der Waals surface area contributed by atoms with Gasteiger partial charge in [-0.15, -0.1) is 0 Å². The van der Waals surface area contributed by atoms with Gasteiger partial charge in [0.2, 0.25) is 6.67 Å². The third-order valence-electron chi connectivity index (χ3n) is 2.20. The van der Waals surface area contributed by atoms with E-state index in [0.29, 0.717) is 12.6 Å². The van der Waals surface area contributed by atoms with Gasteiger partial charge in [-0.25, -0.2) is 9.57 Å². The van der Waals surface area contributed by atoms with Crippen molar-refractivity contribution in [3.8, 4) is 0 Å². The van der Waals surface area contributed by atoms with Crippen LogP contribution < -0.4 is 0 Å². The first-order chi connectivity index (χ1) is 8.11. The van der Waals surface area contributed by atoms with Crippen molar-refractivity contribution in [1.82, 2.24) is 0 Å². The van der Waals surface area contributed by atoms with Gasteiger partial charge >= 0.3 is 0 Å². The van der Waals surface area contributed by atoms with Crippen LogP contribution in [0, 0.1) is 5.92 Å². The molecule has 0 aromatic rings. The third kappa shape index (κ3) is 8.38. The average molecular weight is 233 g/mol. The normalized spacial score (nSPS) is 12.8. The Labute approximate surface area is 106 Å². The lowest BCUT2D eigenvalue weighted by atomic mass is 10.1. The highest BCUT2D eigenvalue weighted by molar-refractivity contribution is 5.96. The van der Waals surface area contributed by atoms with Crippen molar-refractivity contribution >= 4 is 12.4 Å². The molecule has 0 aliphatic heterocycles. The van der Waals surface area contributed by atoms with Gasteiger partial charge < -0.3 is 0 Å². The molecule has 0 heterocycles. The molecule has 2 nitrogen and oxygen atoms in total. The molecular weight excluding hydrogens is 208 g/mol. The van der Waals surface area contributed by atoms with E-state index in [1.165, 1.54) is 0 Å². The number of rotatable bonds is 8. The molecule has 0 aromatic carbocycles. The second-order valence-corrected chi connectivity index (χ2v) is 4.21. The molecule has 0 saturated heterocycles. The van der Waals surface area contributed by atoms with Crippen LogP contribution in [-0.4, -0.2) is 30.2 Å². The Morgan fingerprint density at radius 1 is 1.35 bits per heavy atom. The summed E-state index contributed by atoms with van der Waals surface area (Å²) in [5.41, 5.74) is 1.13. The maximum atomic E-state index is 4.57.